The van der Waals surface area contributed by atoms with E-state index in [9.17, 15) is 43.5 Å². The molecule has 0 spiro atoms. The number of hydrogen-bond donors (Lipinski definition) is 6. The molecule has 3 heterocycles. The Balaban J connectivity index is 1.66. The van der Waals surface area contributed by atoms with Gasteiger partial charge in [0.2, 0.25) is 35.4 Å². The van der Waals surface area contributed by atoms with Gasteiger partial charge in [0.15, 0.2) is 0 Å². The fraction of sp³-hybridized carbons (Fsp3) is 0.789. The first-order chi connectivity index (χ1) is 26.6. The van der Waals surface area contributed by atoms with Crippen LogP contribution in [-0.2, 0) is 43.0 Å². The quantitative estimate of drug-likeness (QED) is 0.106. The smallest absolute Gasteiger partial charge is 0.407 e. The van der Waals surface area contributed by atoms with E-state index in [0.717, 1.165) is 0 Å². The van der Waals surface area contributed by atoms with Crippen LogP contribution in [0, 0.1) is 0 Å². The van der Waals surface area contributed by atoms with Crippen LogP contribution < -0.4 is 27.0 Å². The third-order valence-electron chi connectivity index (χ3n) is 9.93. The van der Waals surface area contributed by atoms with Gasteiger partial charge in [-0.15, -0.1) is 0 Å². The predicted molar refractivity (Wildman–Crippen MR) is 206 cm³/mol. The topological polar surface area (TPSA) is 259 Å². The third-order valence-corrected chi connectivity index (χ3v) is 9.93. The summed E-state index contributed by atoms with van der Waals surface area (Å²) in [6.45, 7) is 12.6. The molecular weight excluding hydrogens is 744 g/mol. The Labute approximate surface area is 334 Å². The van der Waals surface area contributed by atoms with Crippen molar-refractivity contribution in [2.24, 2.45) is 5.73 Å². The van der Waals surface area contributed by atoms with Crippen molar-refractivity contribution in [3.05, 3.63) is 0 Å². The zero-order chi connectivity index (χ0) is 42.7. The highest BCUT2D eigenvalue weighted by Crippen LogP contribution is 2.29. The van der Waals surface area contributed by atoms with Crippen molar-refractivity contribution in [2.75, 3.05) is 39.3 Å². The molecule has 57 heavy (non-hydrogen) atoms. The van der Waals surface area contributed by atoms with Gasteiger partial charge in [0.25, 0.3) is 0 Å². The van der Waals surface area contributed by atoms with Gasteiger partial charge < -0.3 is 56.3 Å². The van der Waals surface area contributed by atoms with Gasteiger partial charge in [-0.05, 0) is 106 Å². The Kier molecular flexibility index (Phi) is 17.1. The number of carboxylic acids is 1. The molecule has 3 saturated heterocycles. The van der Waals surface area contributed by atoms with Gasteiger partial charge in [-0.1, -0.05) is 0 Å². The molecule has 6 atom stereocenters. The molecule has 0 aromatic rings. The van der Waals surface area contributed by atoms with Crippen LogP contribution in [0.15, 0.2) is 0 Å². The number of nitrogens with zero attached hydrogens (tertiary/aromatic N) is 3. The van der Waals surface area contributed by atoms with Crippen molar-refractivity contribution in [1.29, 1.82) is 0 Å². The summed E-state index contributed by atoms with van der Waals surface area (Å²) >= 11 is 0. The standard InChI is InChI=1S/C38H64N8O11/c1-23(41-29(47)21-39)32(50)45-19-11-15-27(45)34(52)46-20-12-16-28(46)33(51)44-18-10-14-26(44)31(49)43-25(22-56-37(2,3)4)30(48)42-24(35(53)54)13-8-9-17-40-36(55)57-38(5,6)7/h23-28H,8-22,39H2,1-7H3,(H,40,55)(H,41,47)(H,42,48)(H,43,49)(H,53,54)/t23-,24-,25-,26-,27-,28-/m0/s1. The summed E-state index contributed by atoms with van der Waals surface area (Å²) < 4.78 is 11.0. The van der Waals surface area contributed by atoms with E-state index < -0.39 is 89.1 Å². The number of carbonyl (C=O) groups excluding carboxylic acids is 7. The number of likely N-dealkylation sites (tertiary alicyclic amines) is 3. The van der Waals surface area contributed by atoms with Crippen LogP contribution in [0.4, 0.5) is 4.79 Å². The second kappa shape index (κ2) is 20.8. The van der Waals surface area contributed by atoms with E-state index >= 15 is 0 Å². The van der Waals surface area contributed by atoms with Crippen LogP contribution in [0.1, 0.15) is 106 Å². The minimum absolute atomic E-state index is 0.0516. The highest BCUT2D eigenvalue weighted by molar-refractivity contribution is 5.97. The van der Waals surface area contributed by atoms with Crippen LogP contribution in [0.2, 0.25) is 0 Å². The number of hydrogen-bond acceptors (Lipinski definition) is 11. The molecule has 3 fully saturated rings. The molecule has 0 aromatic carbocycles. The zero-order valence-electron chi connectivity index (χ0n) is 34.5. The van der Waals surface area contributed by atoms with Gasteiger partial charge in [0.05, 0.1) is 18.8 Å². The maximum atomic E-state index is 14.1. The number of nitrogens with two attached hydrogens (primary N) is 1. The van der Waals surface area contributed by atoms with Crippen LogP contribution >= 0.6 is 0 Å². The molecule has 0 unspecified atom stereocenters. The Hall–Kier alpha value is -4.52. The Morgan fingerprint density at radius 1 is 0.737 bits per heavy atom. The summed E-state index contributed by atoms with van der Waals surface area (Å²) in [5.74, 6) is -4.34. The average Bonchev–Trinajstić information content (AvgIpc) is 3.92. The van der Waals surface area contributed by atoms with Crippen molar-refractivity contribution in [3.8, 4) is 0 Å². The number of alkyl carbamates (subject to hydrolysis) is 1. The number of amides is 7. The summed E-state index contributed by atoms with van der Waals surface area (Å²) in [4.78, 5) is 109. The number of carboxylic acid groups (broad SMARTS) is 1. The van der Waals surface area contributed by atoms with Gasteiger partial charge >= 0.3 is 12.1 Å². The number of ether oxygens (including phenoxy) is 2. The maximum Gasteiger partial charge on any atom is 0.407 e. The number of nitrogens with one attached hydrogen (secondary N) is 4. The molecule has 19 nitrogen and oxygen atoms in total. The molecule has 3 aliphatic rings. The largest absolute Gasteiger partial charge is 0.480 e. The van der Waals surface area contributed by atoms with Gasteiger partial charge in [-0.25, -0.2) is 9.59 Å². The summed E-state index contributed by atoms with van der Waals surface area (Å²) in [6, 6.07) is -6.07. The molecule has 322 valence electrons. The van der Waals surface area contributed by atoms with Crippen molar-refractivity contribution in [1.82, 2.24) is 36.0 Å². The lowest BCUT2D eigenvalue weighted by atomic mass is 10.1. The van der Waals surface area contributed by atoms with Gasteiger partial charge in [0, 0.05) is 26.2 Å². The SMILES string of the molecule is C[C@H](NC(=O)CN)C(=O)N1CCC[C@H]1C(=O)N1CCC[C@H]1C(=O)N1CCC[C@H]1C(=O)N[C@@H](COC(C)(C)C)C(=O)N[C@@H](CCCCNC(=O)OC(C)(C)C)C(=O)O. The van der Waals surface area contributed by atoms with Crippen LogP contribution in [0.3, 0.4) is 0 Å². The third kappa shape index (κ3) is 14.1. The van der Waals surface area contributed by atoms with E-state index in [1.165, 1.54) is 21.6 Å². The first-order valence-corrected chi connectivity index (χ1v) is 20.0. The van der Waals surface area contributed by atoms with Crippen molar-refractivity contribution >= 4 is 47.5 Å². The van der Waals surface area contributed by atoms with Gasteiger partial charge in [-0.3, -0.25) is 28.8 Å². The first-order valence-electron chi connectivity index (χ1n) is 20.0. The summed E-state index contributed by atoms with van der Waals surface area (Å²) in [5, 5.41) is 20.2. The molecule has 0 aliphatic carbocycles. The highest BCUT2D eigenvalue weighted by atomic mass is 16.6. The van der Waals surface area contributed by atoms with E-state index in [1.54, 1.807) is 41.5 Å². The Bertz CT molecular complexity index is 1480. The fourth-order valence-corrected chi connectivity index (χ4v) is 7.16. The molecule has 19 heteroatoms. The van der Waals surface area contributed by atoms with Crippen LogP contribution in [0.5, 0.6) is 0 Å². The number of carbonyl (C=O) groups is 8. The maximum absolute atomic E-state index is 14.1. The molecule has 0 radical (unpaired) electrons. The molecule has 3 aliphatic heterocycles. The van der Waals surface area contributed by atoms with Crippen molar-refractivity contribution in [3.63, 3.8) is 0 Å². The molecule has 0 aromatic heterocycles. The second-order valence-corrected chi connectivity index (χ2v) is 16.9. The Morgan fingerprint density at radius 3 is 1.82 bits per heavy atom. The highest BCUT2D eigenvalue weighted by Gasteiger charge is 2.46. The molecule has 7 amide bonds. The van der Waals surface area contributed by atoms with E-state index in [-0.39, 0.29) is 38.6 Å². The summed E-state index contributed by atoms with van der Waals surface area (Å²) in [6.07, 6.45) is 2.94. The van der Waals surface area contributed by atoms with Gasteiger partial charge in [0.1, 0.15) is 41.9 Å². The van der Waals surface area contributed by atoms with Crippen molar-refractivity contribution < 1.29 is 52.9 Å². The lowest BCUT2D eigenvalue weighted by Crippen LogP contribution is -2.59. The lowest BCUT2D eigenvalue weighted by Gasteiger charge is -2.35. The molecule has 0 saturated carbocycles. The van der Waals surface area contributed by atoms with E-state index in [2.05, 4.69) is 21.3 Å². The van der Waals surface area contributed by atoms with Crippen LogP contribution in [-0.4, -0.2) is 154 Å². The number of rotatable bonds is 17. The fourth-order valence-electron chi connectivity index (χ4n) is 7.16. The molecule has 3 rings (SSSR count). The Morgan fingerprint density at radius 2 is 1.28 bits per heavy atom. The molecular formula is C38H64N8O11. The first kappa shape index (κ1) is 46.9. The number of unbranched alkanes of at least 4 members (excludes halogenated alkanes) is 1. The van der Waals surface area contributed by atoms with Gasteiger partial charge in [-0.2, -0.15) is 0 Å². The normalized spacial score (nSPS) is 21.3. The van der Waals surface area contributed by atoms with Crippen LogP contribution in [0.25, 0.3) is 0 Å². The van der Waals surface area contributed by atoms with E-state index in [0.29, 0.717) is 64.5 Å². The van der Waals surface area contributed by atoms with Crippen molar-refractivity contribution in [2.45, 2.75) is 154 Å². The molecule has 0 bridgehead atoms. The monoisotopic (exact) mass is 808 g/mol. The average molecular weight is 809 g/mol. The minimum atomic E-state index is -1.29. The minimum Gasteiger partial charge on any atom is -0.480 e. The van der Waals surface area contributed by atoms with E-state index in [1.807, 2.05) is 0 Å². The predicted octanol–water partition coefficient (Wildman–Crippen LogP) is -0.0129. The zero-order valence-corrected chi connectivity index (χ0v) is 34.5. The lowest BCUT2D eigenvalue weighted by molar-refractivity contribution is -0.151. The number of aliphatic carboxylic acids is 1. The second-order valence-electron chi connectivity index (χ2n) is 16.9. The van der Waals surface area contributed by atoms with E-state index in [4.69, 9.17) is 15.2 Å². The summed E-state index contributed by atoms with van der Waals surface area (Å²) in [5.41, 5.74) is 4.00. The molecule has 7 N–H and O–H groups in total. The summed E-state index contributed by atoms with van der Waals surface area (Å²) in [7, 11) is 0.